The van der Waals surface area contributed by atoms with Crippen molar-refractivity contribution in [1.29, 1.82) is 0 Å². The predicted molar refractivity (Wildman–Crippen MR) is 94.1 cm³/mol. The van der Waals surface area contributed by atoms with Gasteiger partial charge in [0.25, 0.3) is 0 Å². The molecule has 0 atom stereocenters. The van der Waals surface area contributed by atoms with Gasteiger partial charge in [0, 0.05) is 24.6 Å². The fourth-order valence-corrected chi connectivity index (χ4v) is 3.46. The van der Waals surface area contributed by atoms with Crippen LogP contribution in [0.2, 0.25) is 0 Å². The van der Waals surface area contributed by atoms with Crippen molar-refractivity contribution in [3.05, 3.63) is 29.3 Å². The van der Waals surface area contributed by atoms with Gasteiger partial charge in [-0.1, -0.05) is 13.0 Å². The molecule has 0 unspecified atom stereocenters. The normalized spacial score (nSPS) is 21.9. The number of anilines is 1. The summed E-state index contributed by atoms with van der Waals surface area (Å²) in [7, 11) is 0. The van der Waals surface area contributed by atoms with E-state index in [1.165, 1.54) is 50.0 Å². The van der Waals surface area contributed by atoms with Crippen LogP contribution < -0.4 is 15.5 Å². The molecule has 21 heavy (non-hydrogen) atoms. The Morgan fingerprint density at radius 1 is 1.19 bits per heavy atom. The highest BCUT2D eigenvalue weighted by molar-refractivity contribution is 7.80. The minimum atomic E-state index is 0.525. The molecule has 1 aromatic carbocycles. The Balaban J connectivity index is 1.80. The molecule has 0 aromatic heterocycles. The number of piperidine rings is 1. The maximum Gasteiger partial charge on any atom is 0.171 e. The highest BCUT2D eigenvalue weighted by Crippen LogP contribution is 2.13. The van der Waals surface area contributed by atoms with Gasteiger partial charge in [-0.3, -0.25) is 0 Å². The number of benzene rings is 1. The van der Waals surface area contributed by atoms with E-state index in [1.54, 1.807) is 4.90 Å². The number of aryl methyl sites for hydroxylation is 2. The van der Waals surface area contributed by atoms with E-state index in [2.05, 4.69) is 49.6 Å². The van der Waals surface area contributed by atoms with Gasteiger partial charge in [-0.25, -0.2) is 0 Å². The van der Waals surface area contributed by atoms with E-state index in [-0.39, 0.29) is 0 Å². The molecule has 3 N–H and O–H groups in total. The third kappa shape index (κ3) is 5.29. The monoisotopic (exact) mass is 306 g/mol. The average Bonchev–Trinajstić information content (AvgIpc) is 2.40. The van der Waals surface area contributed by atoms with Crippen LogP contribution in [0, 0.1) is 13.8 Å². The standard InChI is InChI=1S/C17H27N3S/c1-4-7-20-8-5-15(6-9-20)18-17(21)19-16-11-13(2)10-14(3)12-16/h10-12,15H,4-9H2,1-3H3,(H2,18,19,21)/p+1. The molecule has 1 fully saturated rings. The van der Waals surface area contributed by atoms with Crippen molar-refractivity contribution in [2.45, 2.75) is 46.1 Å². The first-order chi connectivity index (χ1) is 10.1. The van der Waals surface area contributed by atoms with Crippen molar-refractivity contribution in [3.8, 4) is 0 Å². The number of hydrogen-bond acceptors (Lipinski definition) is 1. The molecular weight excluding hydrogens is 278 g/mol. The largest absolute Gasteiger partial charge is 0.359 e. The topological polar surface area (TPSA) is 28.5 Å². The molecule has 0 amide bonds. The van der Waals surface area contributed by atoms with E-state index in [9.17, 15) is 0 Å². The summed E-state index contributed by atoms with van der Waals surface area (Å²) < 4.78 is 0. The second-order valence-corrected chi connectivity index (χ2v) is 6.66. The summed E-state index contributed by atoms with van der Waals surface area (Å²) in [6.07, 6.45) is 3.70. The minimum Gasteiger partial charge on any atom is -0.359 e. The average molecular weight is 306 g/mol. The van der Waals surface area contributed by atoms with Gasteiger partial charge in [-0.05, 0) is 55.7 Å². The highest BCUT2D eigenvalue weighted by Gasteiger charge is 2.21. The zero-order chi connectivity index (χ0) is 15.2. The van der Waals surface area contributed by atoms with Crippen molar-refractivity contribution in [3.63, 3.8) is 0 Å². The van der Waals surface area contributed by atoms with Gasteiger partial charge < -0.3 is 15.5 Å². The molecule has 4 heteroatoms. The summed E-state index contributed by atoms with van der Waals surface area (Å²) in [6.45, 7) is 10.3. The lowest BCUT2D eigenvalue weighted by Crippen LogP contribution is -3.13. The van der Waals surface area contributed by atoms with Gasteiger partial charge in [-0.2, -0.15) is 0 Å². The van der Waals surface area contributed by atoms with Gasteiger partial charge in [0.2, 0.25) is 0 Å². The predicted octanol–water partition coefficient (Wildman–Crippen LogP) is 2.05. The van der Waals surface area contributed by atoms with E-state index >= 15 is 0 Å². The second kappa shape index (κ2) is 7.76. The van der Waals surface area contributed by atoms with Gasteiger partial charge in [0.1, 0.15) is 0 Å². The smallest absolute Gasteiger partial charge is 0.171 e. The van der Waals surface area contributed by atoms with E-state index in [0.29, 0.717) is 6.04 Å². The summed E-state index contributed by atoms with van der Waals surface area (Å²) in [5.41, 5.74) is 3.60. The number of nitrogens with one attached hydrogen (secondary N) is 3. The van der Waals surface area contributed by atoms with Crippen LogP contribution in [0.4, 0.5) is 5.69 Å². The summed E-state index contributed by atoms with van der Waals surface area (Å²) in [4.78, 5) is 1.74. The maximum absolute atomic E-state index is 5.46. The van der Waals surface area contributed by atoms with Gasteiger partial charge in [0.05, 0.1) is 19.6 Å². The van der Waals surface area contributed by atoms with Crippen LogP contribution in [0.15, 0.2) is 18.2 Å². The second-order valence-electron chi connectivity index (χ2n) is 6.25. The molecule has 0 saturated carbocycles. The molecule has 116 valence electrons. The first-order valence-corrected chi connectivity index (χ1v) is 8.47. The van der Waals surface area contributed by atoms with Crippen LogP contribution in [0.3, 0.4) is 0 Å². The zero-order valence-electron chi connectivity index (χ0n) is 13.5. The Morgan fingerprint density at radius 2 is 1.81 bits per heavy atom. The zero-order valence-corrected chi connectivity index (χ0v) is 14.3. The SMILES string of the molecule is CCC[NH+]1CCC(NC(=S)Nc2cc(C)cc(C)c2)CC1. The molecule has 0 spiro atoms. The maximum atomic E-state index is 5.46. The minimum absolute atomic E-state index is 0.525. The third-order valence-electron chi connectivity index (χ3n) is 4.11. The number of rotatable bonds is 4. The van der Waals surface area contributed by atoms with Crippen molar-refractivity contribution in [1.82, 2.24) is 5.32 Å². The fraction of sp³-hybridized carbons (Fsp3) is 0.588. The molecule has 1 saturated heterocycles. The highest BCUT2D eigenvalue weighted by atomic mass is 32.1. The van der Waals surface area contributed by atoms with Gasteiger partial charge in [0.15, 0.2) is 5.11 Å². The van der Waals surface area contributed by atoms with Crippen LogP contribution in [0.5, 0.6) is 0 Å². The lowest BCUT2D eigenvalue weighted by molar-refractivity contribution is -0.905. The van der Waals surface area contributed by atoms with Crippen LogP contribution in [0.1, 0.15) is 37.3 Å². The Labute approximate surface area is 134 Å². The van der Waals surface area contributed by atoms with Crippen LogP contribution in [-0.2, 0) is 0 Å². The molecule has 1 heterocycles. The van der Waals surface area contributed by atoms with Gasteiger partial charge in [-0.15, -0.1) is 0 Å². The molecule has 1 aliphatic heterocycles. The first kappa shape index (κ1) is 16.2. The van der Waals surface area contributed by atoms with Crippen LogP contribution >= 0.6 is 12.2 Å². The third-order valence-corrected chi connectivity index (χ3v) is 4.33. The van der Waals surface area contributed by atoms with Crippen LogP contribution in [0.25, 0.3) is 0 Å². The van der Waals surface area contributed by atoms with E-state index < -0.39 is 0 Å². The lowest BCUT2D eigenvalue weighted by atomic mass is 10.1. The molecule has 0 radical (unpaired) electrons. The quantitative estimate of drug-likeness (QED) is 0.744. The van der Waals surface area contributed by atoms with E-state index in [1.807, 2.05) is 0 Å². The van der Waals surface area contributed by atoms with Crippen molar-refractivity contribution in [2.24, 2.45) is 0 Å². The molecular formula is C17H28N3S+. The Bertz CT molecular complexity index is 459. The van der Waals surface area contributed by atoms with Crippen LogP contribution in [-0.4, -0.2) is 30.8 Å². The molecule has 1 aliphatic rings. The number of likely N-dealkylation sites (tertiary alicyclic amines) is 1. The molecule has 0 aliphatic carbocycles. The number of quaternary nitrogens is 1. The van der Waals surface area contributed by atoms with Crippen molar-refractivity contribution < 1.29 is 4.90 Å². The number of thiocarbonyl (C=S) groups is 1. The summed E-state index contributed by atoms with van der Waals surface area (Å²) in [5, 5.41) is 7.55. The molecule has 2 rings (SSSR count). The van der Waals surface area contributed by atoms with Gasteiger partial charge >= 0.3 is 0 Å². The molecule has 3 nitrogen and oxygen atoms in total. The molecule has 1 aromatic rings. The van der Waals surface area contributed by atoms with E-state index in [0.717, 1.165) is 10.8 Å². The fourth-order valence-electron chi connectivity index (χ4n) is 3.17. The van der Waals surface area contributed by atoms with Crippen molar-refractivity contribution >= 4 is 23.0 Å². The Morgan fingerprint density at radius 3 is 2.38 bits per heavy atom. The van der Waals surface area contributed by atoms with Crippen molar-refractivity contribution in [2.75, 3.05) is 25.0 Å². The Kier molecular flexibility index (Phi) is 6.00. The lowest BCUT2D eigenvalue weighted by Gasteiger charge is -2.30. The summed E-state index contributed by atoms with van der Waals surface area (Å²) in [6, 6.07) is 6.97. The Hall–Kier alpha value is -1.13. The summed E-state index contributed by atoms with van der Waals surface area (Å²) >= 11 is 5.46. The van der Waals surface area contributed by atoms with E-state index in [4.69, 9.17) is 12.2 Å². The summed E-state index contributed by atoms with van der Waals surface area (Å²) in [5.74, 6) is 0. The molecule has 0 bridgehead atoms. The number of hydrogen-bond donors (Lipinski definition) is 3. The first-order valence-electron chi connectivity index (χ1n) is 8.06.